The number of pyridine rings is 1. The number of halogens is 1. The van der Waals surface area contributed by atoms with E-state index in [0.29, 0.717) is 12.5 Å². The molecule has 0 aliphatic heterocycles. The lowest BCUT2D eigenvalue weighted by atomic mass is 10.4. The second-order valence-corrected chi connectivity index (χ2v) is 7.69. The van der Waals surface area contributed by atoms with Gasteiger partial charge in [0.25, 0.3) is 0 Å². The summed E-state index contributed by atoms with van der Waals surface area (Å²) in [7, 11) is -3.52. The Labute approximate surface area is 123 Å². The Bertz CT molecular complexity index is 614. The standard InChI is InChI=1S/C12H17ClN4O2S/c13-11-5-10(6-15-12(11)16-14)20(18,19)17(9-3-4-9)7-8-1-2-8/h5-6,8-9H,1-4,7,14H2,(H,15,16). The summed E-state index contributed by atoms with van der Waals surface area (Å²) in [6.45, 7) is 0.613. The maximum Gasteiger partial charge on any atom is 0.244 e. The second kappa shape index (κ2) is 5.14. The van der Waals surface area contributed by atoms with Gasteiger partial charge in [0.05, 0.1) is 5.02 Å². The van der Waals surface area contributed by atoms with Gasteiger partial charge in [0.2, 0.25) is 10.0 Å². The van der Waals surface area contributed by atoms with Crippen LogP contribution < -0.4 is 11.3 Å². The third-order valence-electron chi connectivity index (χ3n) is 3.65. The van der Waals surface area contributed by atoms with Gasteiger partial charge in [-0.3, -0.25) is 0 Å². The normalized spacial score (nSPS) is 19.4. The number of aromatic nitrogens is 1. The van der Waals surface area contributed by atoms with E-state index in [9.17, 15) is 8.42 Å². The number of hydrogen-bond donors (Lipinski definition) is 2. The molecule has 2 fully saturated rings. The fourth-order valence-corrected chi connectivity index (χ4v) is 4.18. The summed E-state index contributed by atoms with van der Waals surface area (Å²) in [5.41, 5.74) is 2.33. The maximum absolute atomic E-state index is 12.7. The Morgan fingerprint density at radius 1 is 1.40 bits per heavy atom. The van der Waals surface area contributed by atoms with E-state index in [1.54, 1.807) is 4.31 Å². The van der Waals surface area contributed by atoms with Crippen LogP contribution in [0.15, 0.2) is 17.2 Å². The van der Waals surface area contributed by atoms with Crippen molar-refractivity contribution in [2.24, 2.45) is 11.8 Å². The van der Waals surface area contributed by atoms with Gasteiger partial charge < -0.3 is 5.43 Å². The van der Waals surface area contributed by atoms with E-state index >= 15 is 0 Å². The van der Waals surface area contributed by atoms with Crippen molar-refractivity contribution < 1.29 is 8.42 Å². The van der Waals surface area contributed by atoms with Gasteiger partial charge in [0, 0.05) is 18.8 Å². The molecule has 2 aliphatic rings. The molecule has 8 heteroatoms. The Morgan fingerprint density at radius 3 is 2.60 bits per heavy atom. The minimum absolute atomic E-state index is 0.133. The van der Waals surface area contributed by atoms with Crippen LogP contribution in [0.2, 0.25) is 5.02 Å². The van der Waals surface area contributed by atoms with Gasteiger partial charge >= 0.3 is 0 Å². The molecule has 0 radical (unpaired) electrons. The van der Waals surface area contributed by atoms with Crippen LogP contribution in [0.3, 0.4) is 0 Å². The van der Waals surface area contributed by atoms with E-state index < -0.39 is 10.0 Å². The van der Waals surface area contributed by atoms with Gasteiger partial charge in [-0.25, -0.2) is 19.2 Å². The summed E-state index contributed by atoms with van der Waals surface area (Å²) in [4.78, 5) is 4.08. The molecule has 20 heavy (non-hydrogen) atoms. The molecule has 1 heterocycles. The van der Waals surface area contributed by atoms with Crippen LogP contribution in [-0.2, 0) is 10.0 Å². The van der Waals surface area contributed by atoms with Crippen molar-refractivity contribution in [3.63, 3.8) is 0 Å². The van der Waals surface area contributed by atoms with Crippen LogP contribution in [-0.4, -0.2) is 30.3 Å². The quantitative estimate of drug-likeness (QED) is 0.614. The molecule has 1 aromatic rings. The minimum atomic E-state index is -3.52. The van der Waals surface area contributed by atoms with Gasteiger partial charge in [-0.1, -0.05) is 11.6 Å². The van der Waals surface area contributed by atoms with Crippen LogP contribution in [0.4, 0.5) is 5.82 Å². The summed E-state index contributed by atoms with van der Waals surface area (Å²) in [5, 5.41) is 0.204. The zero-order chi connectivity index (χ0) is 14.3. The molecule has 0 spiro atoms. The fourth-order valence-electron chi connectivity index (χ4n) is 2.16. The monoisotopic (exact) mass is 316 g/mol. The van der Waals surface area contributed by atoms with E-state index in [4.69, 9.17) is 17.4 Å². The Morgan fingerprint density at radius 2 is 2.10 bits per heavy atom. The molecule has 0 aromatic carbocycles. The predicted octanol–water partition coefficient (Wildman–Crippen LogP) is 1.58. The van der Waals surface area contributed by atoms with Crippen molar-refractivity contribution in [1.82, 2.24) is 9.29 Å². The van der Waals surface area contributed by atoms with Gasteiger partial charge in [-0.15, -0.1) is 0 Å². The topological polar surface area (TPSA) is 88.3 Å². The lowest BCUT2D eigenvalue weighted by Crippen LogP contribution is -2.35. The summed E-state index contributed by atoms with van der Waals surface area (Å²) in [6.07, 6.45) is 5.42. The van der Waals surface area contributed by atoms with Crippen molar-refractivity contribution in [1.29, 1.82) is 0 Å². The van der Waals surface area contributed by atoms with Crippen LogP contribution in [0.1, 0.15) is 25.7 Å². The highest BCUT2D eigenvalue weighted by Crippen LogP contribution is 2.38. The first kappa shape index (κ1) is 14.1. The maximum atomic E-state index is 12.7. The first-order chi connectivity index (χ1) is 9.52. The molecule has 0 amide bonds. The molecule has 2 saturated carbocycles. The van der Waals surface area contributed by atoms with Crippen molar-refractivity contribution in [3.05, 3.63) is 17.3 Å². The third-order valence-corrected chi connectivity index (χ3v) is 5.82. The van der Waals surface area contributed by atoms with Crippen molar-refractivity contribution in [2.45, 2.75) is 36.6 Å². The number of nitrogens with two attached hydrogens (primary N) is 1. The van der Waals surface area contributed by atoms with Crippen LogP contribution in [0.25, 0.3) is 0 Å². The highest BCUT2D eigenvalue weighted by Gasteiger charge is 2.41. The Kier molecular flexibility index (Phi) is 3.62. The average Bonchev–Trinajstić information content (AvgIpc) is 3.27. The molecule has 3 N–H and O–H groups in total. The fraction of sp³-hybridized carbons (Fsp3) is 0.583. The molecule has 6 nitrogen and oxygen atoms in total. The number of hydrogen-bond acceptors (Lipinski definition) is 5. The van der Waals surface area contributed by atoms with Gasteiger partial charge in [0.15, 0.2) is 5.82 Å². The highest BCUT2D eigenvalue weighted by molar-refractivity contribution is 7.89. The van der Waals surface area contributed by atoms with Crippen LogP contribution >= 0.6 is 11.6 Å². The van der Waals surface area contributed by atoms with Crippen molar-refractivity contribution >= 4 is 27.4 Å². The predicted molar refractivity (Wildman–Crippen MR) is 76.7 cm³/mol. The summed E-state index contributed by atoms with van der Waals surface area (Å²) >= 11 is 5.97. The Balaban J connectivity index is 1.90. The lowest BCUT2D eigenvalue weighted by molar-refractivity contribution is 0.388. The van der Waals surface area contributed by atoms with Gasteiger partial charge in [-0.05, 0) is 37.7 Å². The van der Waals surface area contributed by atoms with Crippen molar-refractivity contribution in [2.75, 3.05) is 12.0 Å². The molecule has 0 bridgehead atoms. The number of rotatable bonds is 6. The Hall–Kier alpha value is -0.890. The summed E-state index contributed by atoms with van der Waals surface area (Å²) < 4.78 is 27.0. The molecule has 110 valence electrons. The zero-order valence-electron chi connectivity index (χ0n) is 10.9. The van der Waals surface area contributed by atoms with E-state index in [1.165, 1.54) is 12.3 Å². The van der Waals surface area contributed by atoms with Gasteiger partial charge in [0.1, 0.15) is 4.90 Å². The molecular formula is C12H17ClN4O2S. The largest absolute Gasteiger partial charge is 0.307 e. The second-order valence-electron chi connectivity index (χ2n) is 5.40. The molecule has 3 rings (SSSR count). The van der Waals surface area contributed by atoms with E-state index in [-0.39, 0.29) is 21.8 Å². The number of nitrogens with zero attached hydrogens (tertiary/aromatic N) is 2. The smallest absolute Gasteiger partial charge is 0.244 e. The van der Waals surface area contributed by atoms with Crippen LogP contribution in [0, 0.1) is 5.92 Å². The first-order valence-electron chi connectivity index (χ1n) is 6.66. The summed E-state index contributed by atoms with van der Waals surface area (Å²) in [5.74, 6) is 6.03. The molecule has 1 aromatic heterocycles. The first-order valence-corrected chi connectivity index (χ1v) is 8.48. The molecule has 0 unspecified atom stereocenters. The lowest BCUT2D eigenvalue weighted by Gasteiger charge is -2.21. The zero-order valence-corrected chi connectivity index (χ0v) is 12.5. The minimum Gasteiger partial charge on any atom is -0.307 e. The molecule has 2 aliphatic carbocycles. The average molecular weight is 317 g/mol. The number of anilines is 1. The molecule has 0 saturated heterocycles. The number of sulfonamides is 1. The molecule has 0 atom stereocenters. The third kappa shape index (κ3) is 2.76. The van der Waals surface area contributed by atoms with E-state index in [2.05, 4.69) is 10.4 Å². The summed E-state index contributed by atoms with van der Waals surface area (Å²) in [6, 6.07) is 1.55. The number of hydrazine groups is 1. The number of nitrogen functional groups attached to an aromatic ring is 1. The van der Waals surface area contributed by atoms with Crippen LogP contribution in [0.5, 0.6) is 0 Å². The van der Waals surface area contributed by atoms with Crippen molar-refractivity contribution in [3.8, 4) is 0 Å². The number of nitrogens with one attached hydrogen (secondary N) is 1. The highest BCUT2D eigenvalue weighted by atomic mass is 35.5. The van der Waals surface area contributed by atoms with Gasteiger partial charge in [-0.2, -0.15) is 4.31 Å². The van der Waals surface area contributed by atoms with E-state index in [1.807, 2.05) is 0 Å². The SMILES string of the molecule is NNc1ncc(S(=O)(=O)N(CC2CC2)C2CC2)cc1Cl. The molecular weight excluding hydrogens is 300 g/mol. The van der Waals surface area contributed by atoms with E-state index in [0.717, 1.165) is 25.7 Å².